The highest BCUT2D eigenvalue weighted by Gasteiger charge is 2.25. The van der Waals surface area contributed by atoms with E-state index < -0.39 is 15.8 Å². The number of carbonyl (C=O) groups is 1. The molecular formula is C19H18FN3O4S. The van der Waals surface area contributed by atoms with Crippen LogP contribution < -0.4 is 4.72 Å². The minimum Gasteiger partial charge on any atom is -0.355 e. The molecule has 7 nitrogen and oxygen atoms in total. The fourth-order valence-electron chi connectivity index (χ4n) is 3.23. The van der Waals surface area contributed by atoms with E-state index in [1.54, 1.807) is 4.90 Å². The number of fused-ring (bicyclic) bond motifs is 1. The van der Waals surface area contributed by atoms with Crippen molar-refractivity contribution in [2.75, 3.05) is 17.8 Å². The zero-order valence-corrected chi connectivity index (χ0v) is 15.7. The Morgan fingerprint density at radius 2 is 1.86 bits per heavy atom. The number of hydrogen-bond donors (Lipinski definition) is 1. The molecule has 0 saturated carbocycles. The molecule has 0 unspecified atom stereocenters. The van der Waals surface area contributed by atoms with Crippen LogP contribution in [0.25, 0.3) is 11.0 Å². The van der Waals surface area contributed by atoms with Crippen molar-refractivity contribution in [1.29, 1.82) is 0 Å². The average Bonchev–Trinajstić information content (AvgIpc) is 3.13. The van der Waals surface area contributed by atoms with E-state index in [4.69, 9.17) is 4.52 Å². The number of rotatable bonds is 4. The number of sulfonamides is 1. The lowest BCUT2D eigenvalue weighted by Crippen LogP contribution is -2.35. The number of nitrogens with one attached hydrogen (secondary N) is 1. The number of para-hydroxylation sites is 1. The highest BCUT2D eigenvalue weighted by molar-refractivity contribution is 7.92. The number of nitrogens with zero attached hydrogens (tertiary/aromatic N) is 2. The minimum atomic E-state index is -4.06. The molecule has 1 amide bonds. The van der Waals surface area contributed by atoms with Gasteiger partial charge in [-0.2, -0.15) is 0 Å². The Morgan fingerprint density at radius 1 is 1.11 bits per heavy atom. The van der Waals surface area contributed by atoms with Gasteiger partial charge < -0.3 is 9.42 Å². The molecule has 0 aliphatic carbocycles. The van der Waals surface area contributed by atoms with Crippen LogP contribution in [-0.4, -0.2) is 37.5 Å². The smallest absolute Gasteiger partial charge is 0.276 e. The highest BCUT2D eigenvalue weighted by Crippen LogP contribution is 2.26. The molecule has 1 aliphatic heterocycles. The van der Waals surface area contributed by atoms with Gasteiger partial charge in [-0.25, -0.2) is 12.8 Å². The zero-order valence-electron chi connectivity index (χ0n) is 14.9. The summed E-state index contributed by atoms with van der Waals surface area (Å²) in [5, 5.41) is 4.16. The van der Waals surface area contributed by atoms with Crippen LogP contribution in [0.4, 0.5) is 10.1 Å². The number of anilines is 1. The van der Waals surface area contributed by atoms with Crippen molar-refractivity contribution < 1.29 is 22.1 Å². The number of aromatic nitrogens is 1. The van der Waals surface area contributed by atoms with E-state index in [1.807, 2.05) is 0 Å². The highest BCUT2D eigenvalue weighted by atomic mass is 32.2. The second-order valence-electron chi connectivity index (χ2n) is 6.63. The van der Waals surface area contributed by atoms with Gasteiger partial charge in [-0.05, 0) is 49.6 Å². The molecule has 28 heavy (non-hydrogen) atoms. The summed E-state index contributed by atoms with van der Waals surface area (Å²) in [6.45, 7) is 1.28. The van der Waals surface area contributed by atoms with Gasteiger partial charge in [-0.3, -0.25) is 9.52 Å². The van der Waals surface area contributed by atoms with Crippen LogP contribution in [0.1, 0.15) is 29.8 Å². The van der Waals surface area contributed by atoms with Crippen molar-refractivity contribution in [2.24, 2.45) is 0 Å². The Morgan fingerprint density at radius 3 is 2.61 bits per heavy atom. The van der Waals surface area contributed by atoms with Crippen molar-refractivity contribution in [3.8, 4) is 0 Å². The average molecular weight is 403 g/mol. The molecule has 1 fully saturated rings. The van der Waals surface area contributed by atoms with Gasteiger partial charge in [0.15, 0.2) is 11.3 Å². The Bertz CT molecular complexity index is 1140. The van der Waals surface area contributed by atoms with Crippen LogP contribution in [-0.2, 0) is 10.0 Å². The normalized spacial score (nSPS) is 15.0. The van der Waals surface area contributed by atoms with E-state index >= 15 is 0 Å². The zero-order chi connectivity index (χ0) is 19.7. The fourth-order valence-corrected chi connectivity index (χ4v) is 4.33. The fraction of sp³-hybridized carbons (Fsp3) is 0.263. The molecular weight excluding hydrogens is 385 g/mol. The Labute approximate surface area is 161 Å². The molecule has 9 heteroatoms. The molecule has 0 atom stereocenters. The molecule has 4 rings (SSSR count). The number of piperidine rings is 1. The van der Waals surface area contributed by atoms with Crippen molar-refractivity contribution >= 4 is 32.6 Å². The minimum absolute atomic E-state index is 0.0832. The number of halogens is 1. The van der Waals surface area contributed by atoms with E-state index in [2.05, 4.69) is 9.88 Å². The van der Waals surface area contributed by atoms with E-state index in [9.17, 15) is 17.6 Å². The summed E-state index contributed by atoms with van der Waals surface area (Å²) in [6.07, 6.45) is 2.93. The number of hydrogen-bond acceptors (Lipinski definition) is 5. The molecule has 1 saturated heterocycles. The topological polar surface area (TPSA) is 92.5 Å². The summed E-state index contributed by atoms with van der Waals surface area (Å²) in [6, 6.07) is 9.57. The summed E-state index contributed by atoms with van der Waals surface area (Å²) >= 11 is 0. The summed E-state index contributed by atoms with van der Waals surface area (Å²) in [4.78, 5) is 14.3. The molecule has 146 valence electrons. The number of benzene rings is 2. The monoisotopic (exact) mass is 403 g/mol. The van der Waals surface area contributed by atoms with Gasteiger partial charge >= 0.3 is 0 Å². The summed E-state index contributed by atoms with van der Waals surface area (Å²) in [5.41, 5.74) is 0.238. The van der Waals surface area contributed by atoms with Gasteiger partial charge in [0.1, 0.15) is 5.82 Å². The maximum atomic E-state index is 13.8. The van der Waals surface area contributed by atoms with Gasteiger partial charge in [0.25, 0.3) is 15.9 Å². The predicted molar refractivity (Wildman–Crippen MR) is 101 cm³/mol. The first-order valence-corrected chi connectivity index (χ1v) is 10.4. The van der Waals surface area contributed by atoms with Crippen LogP contribution in [0.3, 0.4) is 0 Å². The Kier molecular flexibility index (Phi) is 4.76. The third-order valence-corrected chi connectivity index (χ3v) is 6.08. The van der Waals surface area contributed by atoms with Gasteiger partial charge in [0.05, 0.1) is 16.0 Å². The number of carbonyl (C=O) groups excluding carboxylic acids is 1. The molecule has 0 radical (unpaired) electrons. The third kappa shape index (κ3) is 3.45. The quantitative estimate of drug-likeness (QED) is 0.721. The number of likely N-dealkylation sites (tertiary alicyclic amines) is 1. The lowest BCUT2D eigenvalue weighted by Gasteiger charge is -2.25. The summed E-state index contributed by atoms with van der Waals surface area (Å²) < 4.78 is 46.6. The molecule has 1 N–H and O–H groups in total. The van der Waals surface area contributed by atoms with Crippen LogP contribution >= 0.6 is 0 Å². The lowest BCUT2D eigenvalue weighted by atomic mass is 10.1. The van der Waals surface area contributed by atoms with Crippen LogP contribution in [0.2, 0.25) is 0 Å². The first-order valence-electron chi connectivity index (χ1n) is 8.92. The van der Waals surface area contributed by atoms with Crippen LogP contribution in [0, 0.1) is 5.82 Å². The Balaban J connectivity index is 1.69. The van der Waals surface area contributed by atoms with Gasteiger partial charge in [-0.15, -0.1) is 0 Å². The Hall–Kier alpha value is -2.94. The first kappa shape index (κ1) is 18.4. The van der Waals surface area contributed by atoms with Crippen LogP contribution in [0.5, 0.6) is 0 Å². The lowest BCUT2D eigenvalue weighted by molar-refractivity contribution is 0.0716. The van der Waals surface area contributed by atoms with Crippen molar-refractivity contribution in [1.82, 2.24) is 10.1 Å². The van der Waals surface area contributed by atoms with Crippen LogP contribution in [0.15, 0.2) is 51.9 Å². The maximum Gasteiger partial charge on any atom is 0.276 e. The van der Waals surface area contributed by atoms with Crippen molar-refractivity contribution in [3.63, 3.8) is 0 Å². The second-order valence-corrected chi connectivity index (χ2v) is 8.31. The molecule has 1 aliphatic rings. The van der Waals surface area contributed by atoms with E-state index in [1.165, 1.54) is 36.4 Å². The first-order chi connectivity index (χ1) is 13.5. The van der Waals surface area contributed by atoms with E-state index in [0.717, 1.165) is 25.3 Å². The van der Waals surface area contributed by atoms with E-state index in [-0.39, 0.29) is 22.2 Å². The molecule has 1 aromatic heterocycles. The predicted octanol–water partition coefficient (Wildman–Crippen LogP) is 3.39. The summed E-state index contributed by atoms with van der Waals surface area (Å²) in [7, 11) is -4.06. The van der Waals surface area contributed by atoms with Gasteiger partial charge in [0, 0.05) is 13.1 Å². The largest absolute Gasteiger partial charge is 0.355 e. The summed E-state index contributed by atoms with van der Waals surface area (Å²) in [5.74, 6) is -0.965. The molecule has 0 bridgehead atoms. The molecule has 0 spiro atoms. The van der Waals surface area contributed by atoms with Gasteiger partial charge in [-0.1, -0.05) is 17.3 Å². The van der Waals surface area contributed by atoms with E-state index in [0.29, 0.717) is 24.1 Å². The number of amides is 1. The second kappa shape index (κ2) is 7.23. The van der Waals surface area contributed by atoms with Crippen molar-refractivity contribution in [3.05, 3.63) is 54.0 Å². The molecule has 2 aromatic carbocycles. The SMILES string of the molecule is O=C(c1noc2ccc(S(=O)(=O)Nc3ccccc3F)cc12)N1CCCCC1. The molecule has 2 heterocycles. The maximum absolute atomic E-state index is 13.8. The van der Waals surface area contributed by atoms with Gasteiger partial charge in [0.2, 0.25) is 0 Å². The molecule has 3 aromatic rings. The van der Waals surface area contributed by atoms with Crippen molar-refractivity contribution in [2.45, 2.75) is 24.2 Å². The standard InChI is InChI=1S/C19H18FN3O4S/c20-15-6-2-3-7-16(15)22-28(25,26)13-8-9-17-14(12-13)18(21-27-17)19(24)23-10-4-1-5-11-23/h2-3,6-9,12,22H,1,4-5,10-11H2. The third-order valence-electron chi connectivity index (χ3n) is 4.72.